The summed E-state index contributed by atoms with van der Waals surface area (Å²) in [5, 5.41) is 7.47. The first kappa shape index (κ1) is 18.4. The van der Waals surface area contributed by atoms with E-state index < -0.39 is 0 Å². The van der Waals surface area contributed by atoms with Crippen molar-refractivity contribution in [1.29, 1.82) is 0 Å². The smallest absolute Gasteiger partial charge is 0.274 e. The van der Waals surface area contributed by atoms with E-state index in [4.69, 9.17) is 0 Å². The van der Waals surface area contributed by atoms with Gasteiger partial charge < -0.3 is 4.90 Å². The van der Waals surface area contributed by atoms with E-state index in [1.165, 1.54) is 45.2 Å². The fraction of sp³-hybridized carbons (Fsp3) is 0.739. The molecule has 0 unspecified atom stereocenters. The monoisotopic (exact) mass is 382 g/mol. The van der Waals surface area contributed by atoms with Crippen LogP contribution in [-0.2, 0) is 6.42 Å². The molecule has 3 saturated heterocycles. The fourth-order valence-corrected chi connectivity index (χ4v) is 6.36. The van der Waals surface area contributed by atoms with Crippen molar-refractivity contribution in [3.05, 3.63) is 29.1 Å². The van der Waals surface area contributed by atoms with Crippen molar-refractivity contribution in [3.8, 4) is 0 Å². The Balaban J connectivity index is 1.40. The molecule has 4 aliphatic rings. The van der Waals surface area contributed by atoms with Gasteiger partial charge in [-0.1, -0.05) is 31.9 Å². The zero-order chi connectivity index (χ0) is 19.3. The molecule has 3 fully saturated rings. The van der Waals surface area contributed by atoms with Crippen molar-refractivity contribution in [2.45, 2.75) is 70.9 Å². The molecule has 152 valence electrons. The number of piperidine rings is 3. The summed E-state index contributed by atoms with van der Waals surface area (Å²) in [6, 6.07) is 3.04. The van der Waals surface area contributed by atoms with Gasteiger partial charge in [-0.3, -0.25) is 14.8 Å². The van der Waals surface area contributed by atoms with Crippen LogP contribution in [0.25, 0.3) is 0 Å². The molecule has 1 aromatic rings. The number of H-pyrrole nitrogens is 1. The molecular weight excluding hydrogens is 348 g/mol. The molecule has 1 amide bonds. The third-order valence-electron chi connectivity index (χ3n) is 7.40. The van der Waals surface area contributed by atoms with Crippen molar-refractivity contribution < 1.29 is 4.79 Å². The van der Waals surface area contributed by atoms with Crippen LogP contribution in [0, 0.1) is 17.8 Å². The first-order valence-corrected chi connectivity index (χ1v) is 11.4. The standard InChI is InChI=1S/C23H34N4O/c1-15(2)10-19-13-20(25-24-19)23(28)27-9-5-6-16-11-17-12-18(22(16)27)14-26-8-4-3-7-21(17)26/h11,13,15,17-18,21-22H,3-10,12,14H2,1-2H3,(H,24,25)/t17-,18+,21-,22-/m0/s1. The fourth-order valence-electron chi connectivity index (χ4n) is 6.36. The van der Waals surface area contributed by atoms with Gasteiger partial charge in [-0.2, -0.15) is 5.10 Å². The number of nitrogens with zero attached hydrogens (tertiary/aromatic N) is 3. The Morgan fingerprint density at radius 2 is 2.18 bits per heavy atom. The molecule has 2 bridgehead atoms. The van der Waals surface area contributed by atoms with E-state index in [0.717, 1.165) is 31.1 Å². The van der Waals surface area contributed by atoms with Gasteiger partial charge in [0.1, 0.15) is 5.69 Å². The first-order valence-electron chi connectivity index (χ1n) is 11.4. The molecule has 5 rings (SSSR count). The van der Waals surface area contributed by atoms with E-state index in [-0.39, 0.29) is 5.91 Å². The minimum absolute atomic E-state index is 0.126. The lowest BCUT2D eigenvalue weighted by Gasteiger charge is -2.54. The molecule has 5 nitrogen and oxygen atoms in total. The molecule has 4 heterocycles. The zero-order valence-corrected chi connectivity index (χ0v) is 17.4. The number of amides is 1. The molecule has 0 spiro atoms. The lowest BCUT2D eigenvalue weighted by atomic mass is 9.68. The van der Waals surface area contributed by atoms with Crippen LogP contribution in [-0.4, -0.2) is 57.6 Å². The van der Waals surface area contributed by atoms with E-state index in [9.17, 15) is 4.79 Å². The molecule has 0 saturated carbocycles. The number of nitrogens with one attached hydrogen (secondary N) is 1. The summed E-state index contributed by atoms with van der Waals surface area (Å²) < 4.78 is 0. The molecule has 5 heteroatoms. The third kappa shape index (κ3) is 3.22. The normalized spacial score (nSPS) is 32.7. The lowest BCUT2D eigenvalue weighted by molar-refractivity contribution is 0.00131. The van der Waals surface area contributed by atoms with Gasteiger partial charge in [0.05, 0.1) is 6.04 Å². The zero-order valence-electron chi connectivity index (χ0n) is 17.4. The van der Waals surface area contributed by atoms with Gasteiger partial charge in [-0.15, -0.1) is 0 Å². The topological polar surface area (TPSA) is 52.2 Å². The molecular formula is C23H34N4O. The summed E-state index contributed by atoms with van der Waals surface area (Å²) in [6.45, 7) is 7.68. The molecule has 0 radical (unpaired) electrons. The Morgan fingerprint density at radius 3 is 3.04 bits per heavy atom. The molecule has 1 N–H and O–H groups in total. The summed E-state index contributed by atoms with van der Waals surface area (Å²) in [5.41, 5.74) is 3.22. The first-order chi connectivity index (χ1) is 13.6. The van der Waals surface area contributed by atoms with E-state index >= 15 is 0 Å². The van der Waals surface area contributed by atoms with E-state index in [1.807, 2.05) is 6.07 Å². The van der Waals surface area contributed by atoms with Gasteiger partial charge in [0.2, 0.25) is 0 Å². The average Bonchev–Trinajstić information content (AvgIpc) is 3.15. The van der Waals surface area contributed by atoms with Gasteiger partial charge >= 0.3 is 0 Å². The highest BCUT2D eigenvalue weighted by Gasteiger charge is 2.47. The summed E-state index contributed by atoms with van der Waals surface area (Å²) in [6.07, 6.45) is 11.1. The molecule has 1 aromatic heterocycles. The highest BCUT2D eigenvalue weighted by molar-refractivity contribution is 5.93. The maximum Gasteiger partial charge on any atom is 0.274 e. The van der Waals surface area contributed by atoms with Crippen LogP contribution in [0.3, 0.4) is 0 Å². The number of hydrogen-bond donors (Lipinski definition) is 1. The van der Waals surface area contributed by atoms with Gasteiger partial charge in [0.15, 0.2) is 0 Å². The predicted octanol–water partition coefficient (Wildman–Crippen LogP) is 3.64. The van der Waals surface area contributed by atoms with Crippen LogP contribution < -0.4 is 0 Å². The van der Waals surface area contributed by atoms with Crippen LogP contribution in [0.2, 0.25) is 0 Å². The minimum Gasteiger partial charge on any atom is -0.330 e. The predicted molar refractivity (Wildman–Crippen MR) is 110 cm³/mol. The SMILES string of the molecule is CC(C)Cc1cc(C(=O)N2CCCC3=C[C@H]4C[C@H](CN5CCCC[C@@H]45)[C@H]32)n[nH]1. The summed E-state index contributed by atoms with van der Waals surface area (Å²) in [5.74, 6) is 1.99. The number of rotatable bonds is 3. The Morgan fingerprint density at radius 1 is 1.29 bits per heavy atom. The molecule has 0 aromatic carbocycles. The van der Waals surface area contributed by atoms with E-state index in [1.54, 1.807) is 5.57 Å². The Kier molecular flexibility index (Phi) is 4.82. The summed E-state index contributed by atoms with van der Waals surface area (Å²) in [4.78, 5) is 18.3. The van der Waals surface area contributed by atoms with Crippen molar-refractivity contribution in [3.63, 3.8) is 0 Å². The number of hydrogen-bond acceptors (Lipinski definition) is 3. The van der Waals surface area contributed by atoms with Gasteiger partial charge in [0.25, 0.3) is 5.91 Å². The Bertz CT molecular complexity index is 766. The van der Waals surface area contributed by atoms with Crippen molar-refractivity contribution in [1.82, 2.24) is 20.0 Å². The van der Waals surface area contributed by atoms with E-state index in [0.29, 0.717) is 29.5 Å². The van der Waals surface area contributed by atoms with Crippen molar-refractivity contribution in [2.75, 3.05) is 19.6 Å². The van der Waals surface area contributed by atoms with Crippen molar-refractivity contribution in [2.24, 2.45) is 17.8 Å². The quantitative estimate of drug-likeness (QED) is 0.812. The van der Waals surface area contributed by atoms with Crippen LogP contribution in [0.15, 0.2) is 17.7 Å². The second-order valence-corrected chi connectivity index (χ2v) is 9.88. The summed E-state index contributed by atoms with van der Waals surface area (Å²) in [7, 11) is 0. The van der Waals surface area contributed by atoms with E-state index in [2.05, 4.69) is 39.9 Å². The Hall–Kier alpha value is -1.62. The van der Waals surface area contributed by atoms with Gasteiger partial charge in [-0.25, -0.2) is 0 Å². The minimum atomic E-state index is 0.126. The second-order valence-electron chi connectivity index (χ2n) is 9.88. The molecule has 1 aliphatic carbocycles. The Labute approximate surface area is 168 Å². The maximum absolute atomic E-state index is 13.4. The lowest BCUT2D eigenvalue weighted by Crippen LogP contribution is -2.60. The highest BCUT2D eigenvalue weighted by atomic mass is 16.2. The van der Waals surface area contributed by atoms with Crippen molar-refractivity contribution >= 4 is 5.91 Å². The second kappa shape index (κ2) is 7.33. The molecule has 28 heavy (non-hydrogen) atoms. The van der Waals surface area contributed by atoms with Crippen LogP contribution in [0.5, 0.6) is 0 Å². The molecule has 3 aliphatic heterocycles. The van der Waals surface area contributed by atoms with Gasteiger partial charge in [0, 0.05) is 24.8 Å². The number of aromatic amines is 1. The number of carbonyl (C=O) groups is 1. The number of aromatic nitrogens is 2. The van der Waals surface area contributed by atoms with Crippen LogP contribution >= 0.6 is 0 Å². The van der Waals surface area contributed by atoms with Gasteiger partial charge in [-0.05, 0) is 68.9 Å². The number of fused-ring (bicyclic) bond motifs is 6. The number of likely N-dealkylation sites (tertiary alicyclic amines) is 1. The van der Waals surface area contributed by atoms with Crippen LogP contribution in [0.1, 0.15) is 68.6 Å². The molecule has 4 atom stereocenters. The third-order valence-corrected chi connectivity index (χ3v) is 7.40. The van der Waals surface area contributed by atoms with Crippen LogP contribution in [0.4, 0.5) is 0 Å². The average molecular weight is 383 g/mol. The summed E-state index contributed by atoms with van der Waals surface area (Å²) >= 11 is 0. The maximum atomic E-state index is 13.4. The highest BCUT2D eigenvalue weighted by Crippen LogP contribution is 2.45. The largest absolute Gasteiger partial charge is 0.330 e. The number of carbonyl (C=O) groups excluding carboxylic acids is 1.